The maximum Gasteiger partial charge on any atom is 0.283 e. The molecule has 0 unspecified atom stereocenters. The van der Waals surface area contributed by atoms with Gasteiger partial charge >= 0.3 is 0 Å². The Kier molecular flexibility index (Phi) is 7.39. The molecule has 0 bridgehead atoms. The number of piperazine rings is 1. The van der Waals surface area contributed by atoms with Gasteiger partial charge in [0.15, 0.2) is 0 Å². The molecule has 5 rings (SSSR count). The molecule has 184 valence electrons. The second-order valence-electron chi connectivity index (χ2n) is 9.01. The lowest BCUT2D eigenvalue weighted by Crippen LogP contribution is -3.13. The van der Waals surface area contributed by atoms with Crippen LogP contribution in [-0.2, 0) is 16.1 Å². The van der Waals surface area contributed by atoms with Crippen molar-refractivity contribution in [2.75, 3.05) is 31.1 Å². The van der Waals surface area contributed by atoms with Gasteiger partial charge in [-0.1, -0.05) is 71.4 Å². The average molecular weight is 540 g/mol. The van der Waals surface area contributed by atoms with E-state index in [1.807, 2.05) is 31.2 Å². The van der Waals surface area contributed by atoms with Gasteiger partial charge in [0.1, 0.15) is 17.1 Å². The second kappa shape index (κ2) is 10.7. The number of carbonyl (C=O) groups excluding carboxylic acids is 2. The van der Waals surface area contributed by atoms with Crippen LogP contribution in [0.25, 0.3) is 0 Å². The summed E-state index contributed by atoms with van der Waals surface area (Å²) in [6.07, 6.45) is 0. The standard InChI is InChI=1S/C28H25Cl2N3O2S/c1-19-7-10-22(17-24(19)30)33-27(34)25(26(28(33)35)36-23-11-8-21(29)9-12-23)32-15-13-31(14-16-32)18-20-5-3-2-4-6-20/h2-12,17H,13-16,18H2,1H3/p+1. The first-order chi connectivity index (χ1) is 17.4. The van der Waals surface area contributed by atoms with Crippen molar-refractivity contribution in [3.8, 4) is 0 Å². The van der Waals surface area contributed by atoms with Crippen LogP contribution in [0.4, 0.5) is 5.69 Å². The van der Waals surface area contributed by atoms with Crippen molar-refractivity contribution in [2.24, 2.45) is 0 Å². The van der Waals surface area contributed by atoms with Gasteiger partial charge in [-0.25, -0.2) is 4.90 Å². The molecule has 36 heavy (non-hydrogen) atoms. The molecule has 8 heteroatoms. The summed E-state index contributed by atoms with van der Waals surface area (Å²) < 4.78 is 0. The fourth-order valence-electron chi connectivity index (χ4n) is 4.55. The van der Waals surface area contributed by atoms with Crippen LogP contribution in [0.1, 0.15) is 11.1 Å². The molecule has 1 N–H and O–H groups in total. The molecule has 0 aromatic heterocycles. The Morgan fingerprint density at radius 1 is 0.889 bits per heavy atom. The zero-order valence-electron chi connectivity index (χ0n) is 19.8. The Hall–Kier alpha value is -2.77. The molecule has 1 fully saturated rings. The van der Waals surface area contributed by atoms with Crippen molar-refractivity contribution >= 4 is 52.5 Å². The van der Waals surface area contributed by atoms with Crippen molar-refractivity contribution in [1.29, 1.82) is 0 Å². The van der Waals surface area contributed by atoms with Crippen molar-refractivity contribution in [1.82, 2.24) is 4.90 Å². The highest BCUT2D eigenvalue weighted by molar-refractivity contribution is 8.04. The minimum Gasteiger partial charge on any atom is -0.355 e. The van der Waals surface area contributed by atoms with Crippen LogP contribution in [0.3, 0.4) is 0 Å². The van der Waals surface area contributed by atoms with E-state index in [-0.39, 0.29) is 11.8 Å². The number of nitrogens with one attached hydrogen (secondary N) is 1. The molecular formula is C28H26Cl2N3O2S+. The third kappa shape index (κ3) is 5.18. The Balaban J connectivity index is 1.42. The molecule has 0 radical (unpaired) electrons. The SMILES string of the molecule is Cc1ccc(N2C(=O)C(Sc3ccc(Cl)cc3)=C(N3CC[NH+](Cc4ccccc4)CC3)C2=O)cc1Cl. The van der Waals surface area contributed by atoms with E-state index in [0.29, 0.717) is 39.4 Å². The molecule has 2 aliphatic heterocycles. The maximum absolute atomic E-state index is 13.8. The summed E-state index contributed by atoms with van der Waals surface area (Å²) in [5.74, 6) is -0.628. The number of quaternary nitrogens is 1. The largest absolute Gasteiger partial charge is 0.355 e. The summed E-state index contributed by atoms with van der Waals surface area (Å²) in [5, 5.41) is 1.14. The molecular weight excluding hydrogens is 513 g/mol. The van der Waals surface area contributed by atoms with Gasteiger partial charge in [-0.3, -0.25) is 9.59 Å². The first-order valence-corrected chi connectivity index (χ1v) is 13.4. The molecule has 3 aromatic carbocycles. The number of anilines is 1. The number of amides is 2. The molecule has 3 aromatic rings. The van der Waals surface area contributed by atoms with Gasteiger partial charge in [-0.2, -0.15) is 0 Å². The lowest BCUT2D eigenvalue weighted by Gasteiger charge is -2.34. The molecule has 2 aliphatic rings. The van der Waals surface area contributed by atoms with Crippen LogP contribution in [0.2, 0.25) is 10.0 Å². The maximum atomic E-state index is 13.8. The predicted molar refractivity (Wildman–Crippen MR) is 145 cm³/mol. The molecule has 0 atom stereocenters. The zero-order chi connectivity index (χ0) is 25.2. The van der Waals surface area contributed by atoms with E-state index in [1.54, 1.807) is 24.3 Å². The van der Waals surface area contributed by atoms with Crippen molar-refractivity contribution in [3.05, 3.63) is 105 Å². The number of thioether (sulfide) groups is 1. The van der Waals surface area contributed by atoms with Crippen molar-refractivity contribution in [3.63, 3.8) is 0 Å². The van der Waals surface area contributed by atoms with Crippen LogP contribution in [0, 0.1) is 6.92 Å². The average Bonchev–Trinajstić information content (AvgIpc) is 3.12. The Morgan fingerprint density at radius 2 is 1.58 bits per heavy atom. The number of carbonyl (C=O) groups is 2. The summed E-state index contributed by atoms with van der Waals surface area (Å²) in [6, 6.07) is 23.0. The molecule has 5 nitrogen and oxygen atoms in total. The summed E-state index contributed by atoms with van der Waals surface area (Å²) >= 11 is 13.7. The second-order valence-corrected chi connectivity index (χ2v) is 10.9. The number of halogens is 2. The smallest absolute Gasteiger partial charge is 0.283 e. The summed E-state index contributed by atoms with van der Waals surface area (Å²) in [5.41, 5.74) is 3.14. The monoisotopic (exact) mass is 538 g/mol. The van der Waals surface area contributed by atoms with E-state index in [9.17, 15) is 9.59 Å². The van der Waals surface area contributed by atoms with E-state index < -0.39 is 0 Å². The van der Waals surface area contributed by atoms with Gasteiger partial charge in [-0.15, -0.1) is 0 Å². The third-order valence-corrected chi connectivity index (χ3v) is 8.29. The van der Waals surface area contributed by atoms with E-state index >= 15 is 0 Å². The topological polar surface area (TPSA) is 45.1 Å². The summed E-state index contributed by atoms with van der Waals surface area (Å²) in [7, 11) is 0. The number of rotatable bonds is 6. The number of nitrogens with zero attached hydrogens (tertiary/aromatic N) is 2. The minimum atomic E-state index is -0.325. The predicted octanol–water partition coefficient (Wildman–Crippen LogP) is 4.58. The van der Waals surface area contributed by atoms with Crippen molar-refractivity contribution < 1.29 is 14.5 Å². The zero-order valence-corrected chi connectivity index (χ0v) is 22.2. The van der Waals surface area contributed by atoms with Crippen LogP contribution >= 0.6 is 35.0 Å². The third-order valence-electron chi connectivity index (χ3n) is 6.55. The fourth-order valence-corrected chi connectivity index (χ4v) is 5.85. The van der Waals surface area contributed by atoms with E-state index in [1.165, 1.54) is 27.1 Å². The van der Waals surface area contributed by atoms with Crippen LogP contribution in [-0.4, -0.2) is 42.9 Å². The number of hydrogen-bond acceptors (Lipinski definition) is 4. The lowest BCUT2D eigenvalue weighted by molar-refractivity contribution is -0.917. The number of hydrogen-bond donors (Lipinski definition) is 1. The molecule has 0 aliphatic carbocycles. The summed E-state index contributed by atoms with van der Waals surface area (Å²) in [6.45, 7) is 6.00. The van der Waals surface area contributed by atoms with Gasteiger partial charge in [-0.05, 0) is 48.9 Å². The normalized spacial score (nSPS) is 16.9. The minimum absolute atomic E-state index is 0.303. The highest BCUT2D eigenvalue weighted by Gasteiger charge is 2.43. The van der Waals surface area contributed by atoms with Crippen LogP contribution in [0.5, 0.6) is 0 Å². The highest BCUT2D eigenvalue weighted by Crippen LogP contribution is 2.39. The van der Waals surface area contributed by atoms with Gasteiger partial charge in [0.25, 0.3) is 11.8 Å². The first kappa shape index (κ1) is 24.9. The molecule has 0 spiro atoms. The molecule has 0 saturated carbocycles. The van der Waals surface area contributed by atoms with E-state index in [4.69, 9.17) is 23.2 Å². The van der Waals surface area contributed by atoms with Crippen LogP contribution < -0.4 is 9.80 Å². The van der Waals surface area contributed by atoms with Gasteiger partial charge in [0.05, 0.1) is 31.9 Å². The Morgan fingerprint density at radius 3 is 2.25 bits per heavy atom. The van der Waals surface area contributed by atoms with Gasteiger partial charge in [0, 0.05) is 20.5 Å². The van der Waals surface area contributed by atoms with E-state index in [0.717, 1.165) is 30.1 Å². The molecule has 1 saturated heterocycles. The quantitative estimate of drug-likeness (QED) is 0.466. The highest BCUT2D eigenvalue weighted by atomic mass is 35.5. The summed E-state index contributed by atoms with van der Waals surface area (Å²) in [4.78, 5) is 33.5. The first-order valence-electron chi connectivity index (χ1n) is 11.9. The van der Waals surface area contributed by atoms with Crippen LogP contribution in [0.15, 0.2) is 88.3 Å². The Bertz CT molecular complexity index is 1320. The van der Waals surface area contributed by atoms with Gasteiger partial charge in [0.2, 0.25) is 0 Å². The number of imide groups is 1. The number of benzene rings is 3. The molecule has 2 heterocycles. The Labute approximate surface area is 225 Å². The van der Waals surface area contributed by atoms with Crippen molar-refractivity contribution in [2.45, 2.75) is 18.4 Å². The van der Waals surface area contributed by atoms with E-state index in [2.05, 4.69) is 29.2 Å². The number of aryl methyl sites for hydroxylation is 1. The lowest BCUT2D eigenvalue weighted by atomic mass is 10.2. The molecule has 2 amide bonds. The fraction of sp³-hybridized carbons (Fsp3) is 0.214. The van der Waals surface area contributed by atoms with Gasteiger partial charge < -0.3 is 9.80 Å².